The molecule has 0 fully saturated rings. The maximum Gasteiger partial charge on any atom is 0.0479 e. The predicted molar refractivity (Wildman–Crippen MR) is 64.3 cm³/mol. The smallest absolute Gasteiger partial charge is 0.0479 e. The van der Waals surface area contributed by atoms with E-state index in [1.54, 1.807) is 0 Å². The number of benzene rings is 1. The normalized spacial score (nSPS) is 10.7. The SMILES string of the molecule is CCc1c(C)c(C)c(CCl)c(C)c1C. The molecule has 0 atom stereocenters. The molecule has 0 aromatic heterocycles. The van der Waals surface area contributed by atoms with E-state index in [4.69, 9.17) is 11.6 Å². The number of hydrogen-bond donors (Lipinski definition) is 0. The second-order valence-electron chi connectivity index (χ2n) is 3.94. The minimum atomic E-state index is 0.628. The monoisotopic (exact) mass is 210 g/mol. The zero-order valence-electron chi connectivity index (χ0n) is 9.79. The Hall–Kier alpha value is -0.490. The van der Waals surface area contributed by atoms with Crippen molar-refractivity contribution in [2.75, 3.05) is 0 Å². The molecule has 0 radical (unpaired) electrons. The molecule has 0 heterocycles. The van der Waals surface area contributed by atoms with E-state index < -0.39 is 0 Å². The Morgan fingerprint density at radius 3 is 1.43 bits per heavy atom. The molecule has 0 unspecified atom stereocenters. The Bertz CT molecular complexity index is 287. The van der Waals surface area contributed by atoms with Crippen molar-refractivity contribution in [3.63, 3.8) is 0 Å². The van der Waals surface area contributed by atoms with Crippen molar-refractivity contribution in [2.24, 2.45) is 0 Å². The van der Waals surface area contributed by atoms with Gasteiger partial charge in [0.15, 0.2) is 0 Å². The lowest BCUT2D eigenvalue weighted by Crippen LogP contribution is -2.03. The van der Waals surface area contributed by atoms with Gasteiger partial charge in [-0.3, -0.25) is 0 Å². The van der Waals surface area contributed by atoms with E-state index in [9.17, 15) is 0 Å². The third-order valence-corrected chi connectivity index (χ3v) is 3.69. The Morgan fingerprint density at radius 1 is 0.786 bits per heavy atom. The summed E-state index contributed by atoms with van der Waals surface area (Å²) in [6.07, 6.45) is 1.11. The molecule has 0 aliphatic rings. The largest absolute Gasteiger partial charge is 0.122 e. The van der Waals surface area contributed by atoms with Gasteiger partial charge in [0, 0.05) is 5.88 Å². The minimum Gasteiger partial charge on any atom is -0.122 e. The summed E-state index contributed by atoms with van der Waals surface area (Å²) < 4.78 is 0. The van der Waals surface area contributed by atoms with Crippen LogP contribution in [0.3, 0.4) is 0 Å². The number of rotatable bonds is 2. The first-order chi connectivity index (χ1) is 6.54. The predicted octanol–water partition coefficient (Wildman–Crippen LogP) is 4.22. The van der Waals surface area contributed by atoms with Gasteiger partial charge in [0.25, 0.3) is 0 Å². The Morgan fingerprint density at radius 2 is 1.14 bits per heavy atom. The molecule has 14 heavy (non-hydrogen) atoms. The Kier molecular flexibility index (Phi) is 3.60. The molecule has 0 saturated carbocycles. The second kappa shape index (κ2) is 4.35. The molecule has 0 spiro atoms. The number of halogens is 1. The number of hydrogen-bond acceptors (Lipinski definition) is 0. The van der Waals surface area contributed by atoms with E-state index in [0.29, 0.717) is 5.88 Å². The van der Waals surface area contributed by atoms with Crippen LogP contribution in [0, 0.1) is 27.7 Å². The summed E-state index contributed by atoms with van der Waals surface area (Å²) >= 11 is 5.98. The van der Waals surface area contributed by atoms with Gasteiger partial charge in [0.05, 0.1) is 0 Å². The van der Waals surface area contributed by atoms with E-state index in [0.717, 1.165) is 6.42 Å². The van der Waals surface area contributed by atoms with Crippen LogP contribution in [0.15, 0.2) is 0 Å². The minimum absolute atomic E-state index is 0.628. The molecule has 0 bridgehead atoms. The molecular weight excluding hydrogens is 192 g/mol. The fourth-order valence-corrected chi connectivity index (χ4v) is 2.60. The first-order valence-electron chi connectivity index (χ1n) is 5.18. The van der Waals surface area contributed by atoms with Crippen LogP contribution in [0.4, 0.5) is 0 Å². The zero-order chi connectivity index (χ0) is 10.9. The van der Waals surface area contributed by atoms with Crippen molar-refractivity contribution in [1.29, 1.82) is 0 Å². The van der Waals surface area contributed by atoms with Crippen molar-refractivity contribution >= 4 is 11.6 Å². The summed E-state index contributed by atoms with van der Waals surface area (Å²) in [7, 11) is 0. The highest BCUT2D eigenvalue weighted by Gasteiger charge is 2.12. The topological polar surface area (TPSA) is 0 Å². The summed E-state index contributed by atoms with van der Waals surface area (Å²) in [5, 5.41) is 0. The maximum absolute atomic E-state index is 5.98. The molecule has 1 heteroatoms. The quantitative estimate of drug-likeness (QED) is 0.642. The van der Waals surface area contributed by atoms with Crippen LogP contribution in [0.2, 0.25) is 0 Å². The fraction of sp³-hybridized carbons (Fsp3) is 0.538. The lowest BCUT2D eigenvalue weighted by atomic mass is 9.88. The van der Waals surface area contributed by atoms with Crippen LogP contribution in [0.1, 0.15) is 40.3 Å². The van der Waals surface area contributed by atoms with Crippen molar-refractivity contribution in [3.05, 3.63) is 33.4 Å². The van der Waals surface area contributed by atoms with Gasteiger partial charge in [0.2, 0.25) is 0 Å². The molecule has 78 valence electrons. The van der Waals surface area contributed by atoms with E-state index in [-0.39, 0.29) is 0 Å². The third kappa shape index (κ3) is 1.68. The van der Waals surface area contributed by atoms with Gasteiger partial charge in [-0.15, -0.1) is 11.6 Å². The van der Waals surface area contributed by atoms with E-state index in [2.05, 4.69) is 34.6 Å². The molecule has 1 aromatic rings. The Balaban J connectivity index is 3.55. The summed E-state index contributed by atoms with van der Waals surface area (Å²) in [4.78, 5) is 0. The molecule has 0 aliphatic carbocycles. The lowest BCUT2D eigenvalue weighted by Gasteiger charge is -2.18. The van der Waals surface area contributed by atoms with E-state index in [1.807, 2.05) is 0 Å². The maximum atomic E-state index is 5.98. The third-order valence-electron chi connectivity index (χ3n) is 3.42. The average Bonchev–Trinajstić information content (AvgIpc) is 2.17. The van der Waals surface area contributed by atoms with Gasteiger partial charge in [-0.2, -0.15) is 0 Å². The van der Waals surface area contributed by atoms with Crippen molar-refractivity contribution in [2.45, 2.75) is 46.9 Å². The molecule has 0 aliphatic heterocycles. The second-order valence-corrected chi connectivity index (χ2v) is 4.21. The van der Waals surface area contributed by atoms with Crippen LogP contribution in [0.25, 0.3) is 0 Å². The number of alkyl halides is 1. The van der Waals surface area contributed by atoms with Gasteiger partial charge < -0.3 is 0 Å². The lowest BCUT2D eigenvalue weighted by molar-refractivity contribution is 1.03. The highest BCUT2D eigenvalue weighted by molar-refractivity contribution is 6.17. The summed E-state index contributed by atoms with van der Waals surface area (Å²) in [6, 6.07) is 0. The molecule has 1 rings (SSSR count). The first-order valence-corrected chi connectivity index (χ1v) is 5.72. The van der Waals surface area contributed by atoms with Gasteiger partial charge in [-0.05, 0) is 67.5 Å². The van der Waals surface area contributed by atoms with Crippen LogP contribution in [0.5, 0.6) is 0 Å². The summed E-state index contributed by atoms with van der Waals surface area (Å²) in [5.41, 5.74) is 8.41. The first kappa shape index (κ1) is 11.6. The molecule has 0 nitrogen and oxygen atoms in total. The average molecular weight is 211 g/mol. The van der Waals surface area contributed by atoms with Crippen molar-refractivity contribution < 1.29 is 0 Å². The van der Waals surface area contributed by atoms with E-state index >= 15 is 0 Å². The van der Waals surface area contributed by atoms with Gasteiger partial charge in [-0.25, -0.2) is 0 Å². The molecule has 0 amide bonds. The van der Waals surface area contributed by atoms with Gasteiger partial charge in [-0.1, -0.05) is 6.92 Å². The Labute approximate surface area is 92.3 Å². The van der Waals surface area contributed by atoms with Crippen molar-refractivity contribution in [3.8, 4) is 0 Å². The summed E-state index contributed by atoms with van der Waals surface area (Å²) in [5.74, 6) is 0.628. The van der Waals surface area contributed by atoms with Crippen molar-refractivity contribution in [1.82, 2.24) is 0 Å². The zero-order valence-corrected chi connectivity index (χ0v) is 10.5. The highest BCUT2D eigenvalue weighted by Crippen LogP contribution is 2.27. The molecular formula is C13H19Cl. The fourth-order valence-electron chi connectivity index (χ4n) is 2.20. The van der Waals surface area contributed by atoms with Crippen LogP contribution in [-0.2, 0) is 12.3 Å². The van der Waals surface area contributed by atoms with Gasteiger partial charge in [0.1, 0.15) is 0 Å². The van der Waals surface area contributed by atoms with Crippen LogP contribution in [-0.4, -0.2) is 0 Å². The van der Waals surface area contributed by atoms with Crippen LogP contribution >= 0.6 is 11.6 Å². The standard InChI is InChI=1S/C13H19Cl/c1-6-12-8(2)10(4)13(7-14)11(5)9(12)3/h6-7H2,1-5H3. The van der Waals surface area contributed by atoms with Crippen LogP contribution < -0.4 is 0 Å². The molecule has 0 N–H and O–H groups in total. The van der Waals surface area contributed by atoms with E-state index in [1.165, 1.54) is 33.4 Å². The molecule has 1 aromatic carbocycles. The van der Waals surface area contributed by atoms with Gasteiger partial charge >= 0.3 is 0 Å². The molecule has 0 saturated heterocycles. The highest BCUT2D eigenvalue weighted by atomic mass is 35.5. The summed E-state index contributed by atoms with van der Waals surface area (Å²) in [6.45, 7) is 11.0.